The van der Waals surface area contributed by atoms with Crippen LogP contribution in [0.25, 0.3) is 0 Å². The van der Waals surface area contributed by atoms with Crippen LogP contribution in [0.15, 0.2) is 17.0 Å². The van der Waals surface area contributed by atoms with Gasteiger partial charge >= 0.3 is 14.7 Å². The van der Waals surface area contributed by atoms with Gasteiger partial charge in [-0.3, -0.25) is 4.55 Å². The average Bonchev–Trinajstić information content (AvgIpc) is 2.80. The molecular weight excluding hydrogens is 450 g/mol. The minimum atomic E-state index is -5.50. The first kappa shape index (κ1) is 24.5. The molecular formula is C25H36F2O3S2. The third-order valence-electron chi connectivity index (χ3n) is 7.86. The van der Waals surface area contributed by atoms with Gasteiger partial charge in [-0.05, 0) is 84.7 Å². The number of halogens is 2. The standard InChI is InChI=1S/C25H36F2O3S2/c26-25(27,32(28,29)30)31-24-22(19-12-6-2-7-13-19)16-21(18-10-4-1-5-11-18)17-23(24)20-14-8-3-9-15-20/h16-20H,1-15H2,(H,28,29,30). The van der Waals surface area contributed by atoms with Crippen molar-refractivity contribution in [1.29, 1.82) is 0 Å². The zero-order valence-electron chi connectivity index (χ0n) is 18.8. The molecule has 0 radical (unpaired) electrons. The summed E-state index contributed by atoms with van der Waals surface area (Å²) in [6.45, 7) is 0. The number of hydrogen-bond acceptors (Lipinski definition) is 3. The van der Waals surface area contributed by atoms with Crippen LogP contribution in [0, 0.1) is 0 Å². The smallest absolute Gasteiger partial charge is 0.280 e. The second kappa shape index (κ2) is 10.3. The van der Waals surface area contributed by atoms with E-state index in [1.54, 1.807) is 0 Å². The van der Waals surface area contributed by atoms with Crippen molar-refractivity contribution in [3.05, 3.63) is 28.8 Å². The minimum Gasteiger partial charge on any atom is -0.280 e. The lowest BCUT2D eigenvalue weighted by atomic mass is 9.76. The summed E-state index contributed by atoms with van der Waals surface area (Å²) in [6, 6.07) is 4.28. The molecule has 32 heavy (non-hydrogen) atoms. The highest BCUT2D eigenvalue weighted by molar-refractivity contribution is 8.12. The van der Waals surface area contributed by atoms with Crippen LogP contribution in [-0.4, -0.2) is 17.6 Å². The molecule has 0 aliphatic heterocycles. The molecule has 0 spiro atoms. The Kier molecular flexibility index (Phi) is 7.88. The van der Waals surface area contributed by atoms with Crippen molar-refractivity contribution in [3.63, 3.8) is 0 Å². The molecule has 3 nitrogen and oxygen atoms in total. The van der Waals surface area contributed by atoms with Crippen LogP contribution in [-0.2, 0) is 10.1 Å². The number of thioether (sulfide) groups is 1. The van der Waals surface area contributed by atoms with E-state index in [-0.39, 0.29) is 23.6 Å². The molecule has 0 amide bonds. The van der Waals surface area contributed by atoms with Crippen molar-refractivity contribution >= 4 is 21.9 Å². The third kappa shape index (κ3) is 5.52. The van der Waals surface area contributed by atoms with Crippen LogP contribution >= 0.6 is 11.8 Å². The predicted molar refractivity (Wildman–Crippen MR) is 126 cm³/mol. The van der Waals surface area contributed by atoms with Crippen LogP contribution < -0.4 is 0 Å². The van der Waals surface area contributed by atoms with E-state index in [0.29, 0.717) is 10.8 Å². The van der Waals surface area contributed by atoms with Gasteiger partial charge in [0.05, 0.1) is 0 Å². The van der Waals surface area contributed by atoms with Gasteiger partial charge in [-0.1, -0.05) is 69.9 Å². The molecule has 4 rings (SSSR count). The van der Waals surface area contributed by atoms with E-state index in [1.807, 2.05) is 0 Å². The summed E-state index contributed by atoms with van der Waals surface area (Å²) in [6.07, 6.45) is 16.4. The lowest BCUT2D eigenvalue weighted by Crippen LogP contribution is -2.25. The molecule has 3 saturated carbocycles. The zero-order valence-corrected chi connectivity index (χ0v) is 20.5. The molecule has 1 N–H and O–H groups in total. The van der Waals surface area contributed by atoms with Crippen molar-refractivity contribution in [2.75, 3.05) is 0 Å². The maximum atomic E-state index is 14.7. The average molecular weight is 487 g/mol. The SMILES string of the molecule is O=S(=O)(O)C(F)(F)Sc1c(C2CCCCC2)cc(C2CCCCC2)cc1C1CCCCC1. The quantitative estimate of drug-likeness (QED) is 0.324. The van der Waals surface area contributed by atoms with Gasteiger partial charge in [-0.25, -0.2) is 0 Å². The van der Waals surface area contributed by atoms with Gasteiger partial charge in [0.1, 0.15) is 0 Å². The molecule has 0 heterocycles. The summed E-state index contributed by atoms with van der Waals surface area (Å²) in [4.78, 5) is 0.436. The fraction of sp³-hybridized carbons (Fsp3) is 0.760. The summed E-state index contributed by atoms with van der Waals surface area (Å²) in [7, 11) is -5.50. The summed E-state index contributed by atoms with van der Waals surface area (Å²) in [5, 5.41) is 0. The molecule has 7 heteroatoms. The Hall–Kier alpha value is -0.660. The normalized spacial score (nSPS) is 22.8. The molecule has 3 aliphatic carbocycles. The van der Waals surface area contributed by atoms with Crippen molar-refractivity contribution in [2.24, 2.45) is 0 Å². The molecule has 3 aliphatic rings. The van der Waals surface area contributed by atoms with E-state index in [0.717, 1.165) is 88.2 Å². The largest absolute Gasteiger partial charge is 0.421 e. The van der Waals surface area contributed by atoms with Crippen LogP contribution in [0.2, 0.25) is 0 Å². The van der Waals surface area contributed by atoms with Crippen molar-refractivity contribution in [3.8, 4) is 0 Å². The van der Waals surface area contributed by atoms with Crippen molar-refractivity contribution < 1.29 is 21.8 Å². The Morgan fingerprint density at radius 2 is 1.09 bits per heavy atom. The first-order chi connectivity index (χ1) is 15.3. The monoisotopic (exact) mass is 486 g/mol. The van der Waals surface area contributed by atoms with Gasteiger partial charge in [-0.15, -0.1) is 0 Å². The van der Waals surface area contributed by atoms with Crippen LogP contribution in [0.5, 0.6) is 0 Å². The number of benzene rings is 1. The molecule has 0 unspecified atom stereocenters. The Bertz CT molecular complexity index is 843. The highest BCUT2D eigenvalue weighted by atomic mass is 32.3. The van der Waals surface area contributed by atoms with E-state index in [1.165, 1.54) is 24.8 Å². The lowest BCUT2D eigenvalue weighted by molar-refractivity contribution is 0.180. The highest BCUT2D eigenvalue weighted by Gasteiger charge is 2.47. The van der Waals surface area contributed by atoms with E-state index < -0.39 is 14.7 Å². The Balaban J connectivity index is 1.84. The van der Waals surface area contributed by atoms with Gasteiger partial charge in [0, 0.05) is 4.90 Å². The fourth-order valence-corrected chi connectivity index (χ4v) is 7.69. The molecule has 1 aromatic carbocycles. The minimum absolute atomic E-state index is 0.0774. The molecule has 180 valence electrons. The van der Waals surface area contributed by atoms with Gasteiger partial charge in [-0.2, -0.15) is 17.2 Å². The fourth-order valence-electron chi connectivity index (χ4n) is 6.09. The predicted octanol–water partition coefficient (Wildman–Crippen LogP) is 8.36. The molecule has 0 bridgehead atoms. The highest BCUT2D eigenvalue weighted by Crippen LogP contribution is 2.51. The summed E-state index contributed by atoms with van der Waals surface area (Å²) in [5.41, 5.74) is 3.11. The van der Waals surface area contributed by atoms with E-state index >= 15 is 0 Å². The number of rotatable bonds is 6. The van der Waals surface area contributed by atoms with Crippen molar-refractivity contribution in [1.82, 2.24) is 0 Å². The lowest BCUT2D eigenvalue weighted by Gasteiger charge is -2.33. The molecule has 3 fully saturated rings. The summed E-state index contributed by atoms with van der Waals surface area (Å²) < 4.78 is 57.5. The number of hydrogen-bond donors (Lipinski definition) is 1. The number of alkyl halides is 2. The Labute approximate surface area is 195 Å². The first-order valence-electron chi connectivity index (χ1n) is 12.5. The molecule has 0 saturated heterocycles. The second-order valence-electron chi connectivity index (χ2n) is 10.1. The van der Waals surface area contributed by atoms with E-state index in [4.69, 9.17) is 0 Å². The van der Waals surface area contributed by atoms with Gasteiger partial charge in [0.2, 0.25) is 0 Å². The van der Waals surface area contributed by atoms with Crippen molar-refractivity contribution in [2.45, 2.75) is 124 Å². The summed E-state index contributed by atoms with van der Waals surface area (Å²) in [5.74, 6) is 0.846. The summed E-state index contributed by atoms with van der Waals surface area (Å²) >= 11 is 0.0774. The maximum absolute atomic E-state index is 14.7. The van der Waals surface area contributed by atoms with Gasteiger partial charge in [0.25, 0.3) is 0 Å². The molecule has 0 aromatic heterocycles. The van der Waals surface area contributed by atoms with Crippen LogP contribution in [0.3, 0.4) is 0 Å². The zero-order chi connectivity index (χ0) is 22.8. The van der Waals surface area contributed by atoms with Crippen LogP contribution in [0.4, 0.5) is 8.78 Å². The second-order valence-corrected chi connectivity index (χ2v) is 12.9. The first-order valence-corrected chi connectivity index (χ1v) is 14.7. The molecule has 1 aromatic rings. The Morgan fingerprint density at radius 3 is 1.47 bits per heavy atom. The van der Waals surface area contributed by atoms with Crippen LogP contribution in [0.1, 0.15) is 131 Å². The van der Waals surface area contributed by atoms with E-state index in [9.17, 15) is 21.8 Å². The van der Waals surface area contributed by atoms with Gasteiger partial charge in [0.15, 0.2) is 0 Å². The maximum Gasteiger partial charge on any atom is 0.421 e. The third-order valence-corrected chi connectivity index (χ3v) is 10.3. The Morgan fingerprint density at radius 1 is 0.719 bits per heavy atom. The van der Waals surface area contributed by atoms with E-state index in [2.05, 4.69) is 12.1 Å². The molecule has 0 atom stereocenters. The topological polar surface area (TPSA) is 54.4 Å². The van der Waals surface area contributed by atoms with Gasteiger partial charge < -0.3 is 0 Å².